The van der Waals surface area contributed by atoms with Crippen molar-refractivity contribution in [1.29, 1.82) is 0 Å². The van der Waals surface area contributed by atoms with Gasteiger partial charge in [0.05, 0.1) is 0 Å². The van der Waals surface area contributed by atoms with Crippen LogP contribution in [0.5, 0.6) is 0 Å². The highest BCUT2D eigenvalue weighted by Gasteiger charge is 2.26. The van der Waals surface area contributed by atoms with Crippen LogP contribution in [0, 0.1) is 6.92 Å². The Labute approximate surface area is 138 Å². The summed E-state index contributed by atoms with van der Waals surface area (Å²) in [7, 11) is 0. The standard InChI is InChI=1S/C15H17BrN2O2.ClH/c1-9-12-8-10(16)2-3-13(12)20-14(9)15(19)18-6-4-11(17)5-7-18;/h2-3,8,11H,4-7,17H2,1H3;1H. The second-order valence-corrected chi connectivity index (χ2v) is 6.24. The van der Waals surface area contributed by atoms with Gasteiger partial charge in [-0.1, -0.05) is 15.9 Å². The number of carbonyl (C=O) groups is 1. The summed E-state index contributed by atoms with van der Waals surface area (Å²) in [6.45, 7) is 3.35. The van der Waals surface area contributed by atoms with Gasteiger partial charge in [-0.2, -0.15) is 0 Å². The monoisotopic (exact) mass is 372 g/mol. The molecule has 0 spiro atoms. The molecule has 0 atom stereocenters. The molecule has 1 amide bonds. The molecule has 1 aliphatic heterocycles. The van der Waals surface area contributed by atoms with Gasteiger partial charge in [0.15, 0.2) is 5.76 Å². The zero-order valence-electron chi connectivity index (χ0n) is 11.8. The molecule has 6 heteroatoms. The molecule has 2 N–H and O–H groups in total. The lowest BCUT2D eigenvalue weighted by atomic mass is 10.1. The predicted molar refractivity (Wildman–Crippen MR) is 89.0 cm³/mol. The molecule has 1 aliphatic rings. The number of nitrogens with zero attached hydrogens (tertiary/aromatic N) is 1. The number of halogens is 2. The van der Waals surface area contributed by atoms with Gasteiger partial charge in [-0.3, -0.25) is 4.79 Å². The molecule has 0 unspecified atom stereocenters. The van der Waals surface area contributed by atoms with E-state index in [0.717, 1.165) is 33.8 Å². The van der Waals surface area contributed by atoms with Gasteiger partial charge >= 0.3 is 0 Å². The van der Waals surface area contributed by atoms with Gasteiger partial charge in [0.1, 0.15) is 5.58 Å². The minimum absolute atomic E-state index is 0. The summed E-state index contributed by atoms with van der Waals surface area (Å²) in [6, 6.07) is 6.00. The summed E-state index contributed by atoms with van der Waals surface area (Å²) in [6.07, 6.45) is 1.72. The summed E-state index contributed by atoms with van der Waals surface area (Å²) in [5.41, 5.74) is 7.53. The van der Waals surface area contributed by atoms with Crippen LogP contribution in [0.2, 0.25) is 0 Å². The number of aryl methyl sites for hydroxylation is 1. The fraction of sp³-hybridized carbons (Fsp3) is 0.400. The van der Waals surface area contributed by atoms with E-state index in [1.807, 2.05) is 30.0 Å². The largest absolute Gasteiger partial charge is 0.451 e. The van der Waals surface area contributed by atoms with Crippen molar-refractivity contribution in [2.45, 2.75) is 25.8 Å². The van der Waals surface area contributed by atoms with E-state index in [1.54, 1.807) is 0 Å². The third-order valence-electron chi connectivity index (χ3n) is 3.92. The second kappa shape index (κ2) is 6.38. The summed E-state index contributed by atoms with van der Waals surface area (Å²) in [4.78, 5) is 14.4. The van der Waals surface area contributed by atoms with Crippen LogP contribution in [0.15, 0.2) is 27.1 Å². The fourth-order valence-corrected chi connectivity index (χ4v) is 3.00. The van der Waals surface area contributed by atoms with Gasteiger partial charge in [0, 0.05) is 34.6 Å². The maximum absolute atomic E-state index is 12.6. The van der Waals surface area contributed by atoms with Crippen molar-refractivity contribution in [2.75, 3.05) is 13.1 Å². The van der Waals surface area contributed by atoms with Crippen molar-refractivity contribution in [3.8, 4) is 0 Å². The van der Waals surface area contributed by atoms with Crippen LogP contribution < -0.4 is 5.73 Å². The first-order chi connectivity index (χ1) is 9.56. The van der Waals surface area contributed by atoms with Crippen LogP contribution in [-0.4, -0.2) is 29.9 Å². The van der Waals surface area contributed by atoms with E-state index in [9.17, 15) is 4.79 Å². The molecule has 1 aromatic carbocycles. The number of amides is 1. The third kappa shape index (κ3) is 3.10. The van der Waals surface area contributed by atoms with Crippen LogP contribution in [0.3, 0.4) is 0 Å². The minimum Gasteiger partial charge on any atom is -0.451 e. The lowest BCUT2D eigenvalue weighted by molar-refractivity contribution is 0.0684. The van der Waals surface area contributed by atoms with Crippen LogP contribution in [0.25, 0.3) is 11.0 Å². The van der Waals surface area contributed by atoms with Crippen LogP contribution in [0.1, 0.15) is 29.0 Å². The van der Waals surface area contributed by atoms with Gasteiger partial charge in [0.2, 0.25) is 0 Å². The van der Waals surface area contributed by atoms with Crippen molar-refractivity contribution in [3.05, 3.63) is 34.0 Å². The quantitative estimate of drug-likeness (QED) is 0.832. The van der Waals surface area contributed by atoms with E-state index in [-0.39, 0.29) is 24.4 Å². The maximum Gasteiger partial charge on any atom is 0.289 e. The molecule has 3 rings (SSSR count). The average molecular weight is 374 g/mol. The molecular formula is C15H18BrClN2O2. The van der Waals surface area contributed by atoms with Crippen molar-refractivity contribution in [2.24, 2.45) is 5.73 Å². The highest BCUT2D eigenvalue weighted by Crippen LogP contribution is 2.29. The van der Waals surface area contributed by atoms with Crippen molar-refractivity contribution < 1.29 is 9.21 Å². The van der Waals surface area contributed by atoms with E-state index in [2.05, 4.69) is 15.9 Å². The number of hydrogen-bond donors (Lipinski definition) is 1. The summed E-state index contributed by atoms with van der Waals surface area (Å²) < 4.78 is 6.74. The number of piperidine rings is 1. The Bertz CT molecular complexity index is 663. The van der Waals surface area contributed by atoms with Gasteiger partial charge in [-0.25, -0.2) is 0 Å². The van der Waals surface area contributed by atoms with Crippen LogP contribution in [-0.2, 0) is 0 Å². The first kappa shape index (κ1) is 16.3. The number of carbonyl (C=O) groups excluding carboxylic acids is 1. The lowest BCUT2D eigenvalue weighted by Gasteiger charge is -2.29. The van der Waals surface area contributed by atoms with E-state index < -0.39 is 0 Å². The summed E-state index contributed by atoms with van der Waals surface area (Å²) in [5, 5.41) is 0.983. The topological polar surface area (TPSA) is 59.5 Å². The van der Waals surface area contributed by atoms with Crippen LogP contribution in [0.4, 0.5) is 0 Å². The second-order valence-electron chi connectivity index (χ2n) is 5.33. The Hall–Kier alpha value is -1.04. The first-order valence-corrected chi connectivity index (χ1v) is 7.59. The predicted octanol–water partition coefficient (Wildman–Crippen LogP) is 3.49. The normalized spacial score (nSPS) is 16.0. The minimum atomic E-state index is -0.0262. The molecule has 1 saturated heterocycles. The average Bonchev–Trinajstić information content (AvgIpc) is 2.76. The zero-order valence-corrected chi connectivity index (χ0v) is 14.2. The maximum atomic E-state index is 12.6. The molecule has 21 heavy (non-hydrogen) atoms. The highest BCUT2D eigenvalue weighted by atomic mass is 79.9. The number of nitrogens with two attached hydrogens (primary N) is 1. The zero-order chi connectivity index (χ0) is 14.3. The van der Waals surface area contributed by atoms with Gasteiger partial charge < -0.3 is 15.1 Å². The number of hydrogen-bond acceptors (Lipinski definition) is 3. The molecule has 1 fully saturated rings. The van der Waals surface area contributed by atoms with Gasteiger partial charge in [-0.05, 0) is 38.0 Å². The van der Waals surface area contributed by atoms with Gasteiger partial charge in [0.25, 0.3) is 5.91 Å². The van der Waals surface area contributed by atoms with E-state index in [4.69, 9.17) is 10.2 Å². The van der Waals surface area contributed by atoms with Gasteiger partial charge in [-0.15, -0.1) is 12.4 Å². The lowest BCUT2D eigenvalue weighted by Crippen LogP contribution is -2.42. The summed E-state index contributed by atoms with van der Waals surface area (Å²) in [5.74, 6) is 0.426. The van der Waals surface area contributed by atoms with Crippen molar-refractivity contribution in [1.82, 2.24) is 4.90 Å². The third-order valence-corrected chi connectivity index (χ3v) is 4.41. The van der Waals surface area contributed by atoms with E-state index in [1.165, 1.54) is 0 Å². The van der Waals surface area contributed by atoms with E-state index in [0.29, 0.717) is 18.8 Å². The summed E-state index contributed by atoms with van der Waals surface area (Å²) >= 11 is 3.45. The smallest absolute Gasteiger partial charge is 0.289 e. The number of benzene rings is 1. The SMILES string of the molecule is Cc1c(C(=O)N2CCC(N)CC2)oc2ccc(Br)cc12.Cl. The molecule has 0 bridgehead atoms. The van der Waals surface area contributed by atoms with Crippen LogP contribution >= 0.6 is 28.3 Å². The highest BCUT2D eigenvalue weighted by molar-refractivity contribution is 9.10. The molecule has 4 nitrogen and oxygen atoms in total. The molecule has 0 saturated carbocycles. The fourth-order valence-electron chi connectivity index (χ4n) is 2.64. The Morgan fingerprint density at radius 3 is 2.71 bits per heavy atom. The number of rotatable bonds is 1. The van der Waals surface area contributed by atoms with Crippen molar-refractivity contribution in [3.63, 3.8) is 0 Å². The molecule has 1 aromatic heterocycles. The Morgan fingerprint density at radius 1 is 1.38 bits per heavy atom. The first-order valence-electron chi connectivity index (χ1n) is 6.80. The molecule has 0 aliphatic carbocycles. The van der Waals surface area contributed by atoms with E-state index >= 15 is 0 Å². The molecular weight excluding hydrogens is 356 g/mol. The Morgan fingerprint density at radius 2 is 2.05 bits per heavy atom. The Balaban J connectivity index is 0.00000161. The molecule has 2 aromatic rings. The molecule has 2 heterocycles. The Kier molecular flexibility index (Phi) is 4.96. The number of likely N-dealkylation sites (tertiary alicyclic amines) is 1. The number of furan rings is 1. The number of fused-ring (bicyclic) bond motifs is 1. The molecule has 114 valence electrons. The van der Waals surface area contributed by atoms with Crippen molar-refractivity contribution >= 4 is 45.2 Å². The molecule has 0 radical (unpaired) electrons.